The third-order valence-electron chi connectivity index (χ3n) is 3.78. The topological polar surface area (TPSA) is 23.5 Å². The van der Waals surface area contributed by atoms with Crippen molar-refractivity contribution >= 4 is 0 Å². The van der Waals surface area contributed by atoms with E-state index in [1.807, 2.05) is 45.0 Å². The minimum Gasteiger partial charge on any atom is -0.388 e. The van der Waals surface area contributed by atoms with Gasteiger partial charge in [0.15, 0.2) is 0 Å². The molecule has 1 aliphatic heterocycles. The van der Waals surface area contributed by atoms with Crippen molar-refractivity contribution in [3.8, 4) is 11.8 Å². The summed E-state index contributed by atoms with van der Waals surface area (Å²) >= 11 is 0. The van der Waals surface area contributed by atoms with Gasteiger partial charge in [0.1, 0.15) is 11.6 Å². The summed E-state index contributed by atoms with van der Waals surface area (Å²) in [5.74, 6) is 4.02. The van der Waals surface area contributed by atoms with E-state index in [9.17, 15) is 13.9 Å². The molecule has 0 atom stereocenters. The highest BCUT2D eigenvalue weighted by atomic mass is 19.1. The lowest BCUT2D eigenvalue weighted by molar-refractivity contribution is -0.0871. The number of hydrogen-bond acceptors (Lipinski definition) is 2. The van der Waals surface area contributed by atoms with Crippen LogP contribution in [0.2, 0.25) is 0 Å². The average molecular weight is 343 g/mol. The van der Waals surface area contributed by atoms with Gasteiger partial charge >= 0.3 is 0 Å². The van der Waals surface area contributed by atoms with Crippen LogP contribution in [0.5, 0.6) is 0 Å². The Hall–Kier alpha value is -2.22. The SMILES string of the molecule is CC.CC1(O)CN(Cc2ccc(C#Cc3c(F)cccc3F)cc2)C1. The third-order valence-corrected chi connectivity index (χ3v) is 3.78. The van der Waals surface area contributed by atoms with E-state index < -0.39 is 17.2 Å². The lowest BCUT2D eigenvalue weighted by atomic mass is 9.96. The second kappa shape index (κ2) is 8.24. The molecule has 0 radical (unpaired) electrons. The first-order valence-electron chi connectivity index (χ1n) is 8.43. The predicted octanol–water partition coefficient (Wildman–Crippen LogP) is 3.96. The van der Waals surface area contributed by atoms with E-state index in [2.05, 4.69) is 16.7 Å². The molecule has 2 aromatic carbocycles. The molecule has 0 amide bonds. The minimum absolute atomic E-state index is 0.209. The summed E-state index contributed by atoms with van der Waals surface area (Å²) in [5.41, 5.74) is 1.03. The number of β-amino-alcohol motifs (C(OH)–C–C–N with tert-alkyl or cyclic N) is 1. The van der Waals surface area contributed by atoms with Gasteiger partial charge < -0.3 is 5.11 Å². The van der Waals surface area contributed by atoms with Crippen molar-refractivity contribution in [3.63, 3.8) is 0 Å². The van der Waals surface area contributed by atoms with E-state index in [1.54, 1.807) is 0 Å². The molecule has 0 unspecified atom stereocenters. The van der Waals surface area contributed by atoms with Crippen molar-refractivity contribution in [2.45, 2.75) is 32.9 Å². The lowest BCUT2D eigenvalue weighted by Crippen LogP contribution is -2.59. The molecule has 0 aromatic heterocycles. The van der Waals surface area contributed by atoms with Crippen LogP contribution in [0.4, 0.5) is 8.78 Å². The molecule has 1 saturated heterocycles. The smallest absolute Gasteiger partial charge is 0.141 e. The van der Waals surface area contributed by atoms with Gasteiger partial charge in [-0.15, -0.1) is 0 Å². The van der Waals surface area contributed by atoms with Gasteiger partial charge in [-0.25, -0.2) is 8.78 Å². The van der Waals surface area contributed by atoms with Crippen LogP contribution in [-0.2, 0) is 6.54 Å². The molecular formula is C21H23F2NO. The van der Waals surface area contributed by atoms with Crippen molar-refractivity contribution in [1.82, 2.24) is 4.90 Å². The van der Waals surface area contributed by atoms with Crippen LogP contribution in [0.15, 0.2) is 42.5 Å². The first-order chi connectivity index (χ1) is 11.9. The first kappa shape index (κ1) is 19.1. The van der Waals surface area contributed by atoms with Crippen LogP contribution < -0.4 is 0 Å². The molecule has 2 nitrogen and oxygen atoms in total. The van der Waals surface area contributed by atoms with E-state index in [4.69, 9.17) is 0 Å². The Morgan fingerprint density at radius 2 is 1.56 bits per heavy atom. The molecule has 2 aromatic rings. The number of rotatable bonds is 2. The Bertz CT molecular complexity index is 744. The minimum atomic E-state index is -0.654. The van der Waals surface area contributed by atoms with Gasteiger partial charge in [0.25, 0.3) is 0 Å². The zero-order valence-corrected chi connectivity index (χ0v) is 14.8. The van der Waals surface area contributed by atoms with Gasteiger partial charge in [-0.2, -0.15) is 0 Å². The Balaban J connectivity index is 0.00000109. The molecule has 1 N–H and O–H groups in total. The van der Waals surface area contributed by atoms with Crippen molar-refractivity contribution < 1.29 is 13.9 Å². The summed E-state index contributed by atoms with van der Waals surface area (Å²) in [6, 6.07) is 11.2. The Morgan fingerprint density at radius 3 is 2.08 bits per heavy atom. The summed E-state index contributed by atoms with van der Waals surface area (Å²) in [6.45, 7) is 7.93. The molecule has 0 spiro atoms. The first-order valence-corrected chi connectivity index (χ1v) is 8.43. The van der Waals surface area contributed by atoms with Gasteiger partial charge in [0.05, 0.1) is 11.2 Å². The molecule has 0 saturated carbocycles. The van der Waals surface area contributed by atoms with Crippen molar-refractivity contribution in [2.24, 2.45) is 0 Å². The van der Waals surface area contributed by atoms with E-state index in [-0.39, 0.29) is 5.56 Å². The van der Waals surface area contributed by atoms with Crippen molar-refractivity contribution in [3.05, 3.63) is 70.8 Å². The summed E-state index contributed by atoms with van der Waals surface area (Å²) in [7, 11) is 0. The number of hydrogen-bond donors (Lipinski definition) is 1. The standard InChI is InChI=1S/C19H17F2NO.C2H6/c1-19(23)12-22(13-19)11-15-7-5-14(6-8-15)9-10-16-17(20)3-2-4-18(16)21;1-2/h2-8,23H,11-13H2,1H3;1-2H3. The molecule has 0 aliphatic carbocycles. The summed E-state index contributed by atoms with van der Waals surface area (Å²) in [6.07, 6.45) is 0. The fraction of sp³-hybridized carbons (Fsp3) is 0.333. The molecule has 25 heavy (non-hydrogen) atoms. The van der Waals surface area contributed by atoms with E-state index in [1.165, 1.54) is 18.2 Å². The van der Waals surface area contributed by atoms with Gasteiger partial charge in [0.2, 0.25) is 0 Å². The monoisotopic (exact) mass is 343 g/mol. The zero-order valence-electron chi connectivity index (χ0n) is 14.8. The maximum Gasteiger partial charge on any atom is 0.141 e. The molecule has 1 heterocycles. The molecule has 1 aliphatic rings. The summed E-state index contributed by atoms with van der Waals surface area (Å²) in [4.78, 5) is 2.15. The van der Waals surface area contributed by atoms with Crippen LogP contribution in [-0.4, -0.2) is 28.7 Å². The summed E-state index contributed by atoms with van der Waals surface area (Å²) < 4.78 is 27.0. The van der Waals surface area contributed by atoms with Crippen LogP contribution in [0.25, 0.3) is 0 Å². The second-order valence-corrected chi connectivity index (χ2v) is 6.19. The van der Waals surface area contributed by atoms with Gasteiger partial charge in [0, 0.05) is 25.2 Å². The fourth-order valence-electron chi connectivity index (χ4n) is 2.73. The molecule has 4 heteroatoms. The largest absolute Gasteiger partial charge is 0.388 e. The maximum absolute atomic E-state index is 13.5. The highest BCUT2D eigenvalue weighted by Gasteiger charge is 2.35. The highest BCUT2D eigenvalue weighted by Crippen LogP contribution is 2.22. The molecular weight excluding hydrogens is 320 g/mol. The second-order valence-electron chi connectivity index (χ2n) is 6.19. The lowest BCUT2D eigenvalue weighted by Gasteiger charge is -2.44. The summed E-state index contributed by atoms with van der Waals surface area (Å²) in [5, 5.41) is 9.71. The van der Waals surface area contributed by atoms with Crippen LogP contribution in [0.3, 0.4) is 0 Å². The molecule has 0 bridgehead atoms. The van der Waals surface area contributed by atoms with E-state index >= 15 is 0 Å². The fourth-order valence-corrected chi connectivity index (χ4v) is 2.73. The number of halogens is 2. The quantitative estimate of drug-likeness (QED) is 0.835. The predicted molar refractivity (Wildman–Crippen MR) is 96.0 cm³/mol. The van der Waals surface area contributed by atoms with Gasteiger partial charge in [-0.05, 0) is 36.8 Å². The number of benzene rings is 2. The maximum atomic E-state index is 13.5. The van der Waals surface area contributed by atoms with Gasteiger partial charge in [-0.1, -0.05) is 43.9 Å². The number of nitrogens with zero attached hydrogens (tertiary/aromatic N) is 1. The Morgan fingerprint density at radius 1 is 1.00 bits per heavy atom. The van der Waals surface area contributed by atoms with Crippen molar-refractivity contribution in [2.75, 3.05) is 13.1 Å². The Labute approximate surface area is 148 Å². The number of aliphatic hydroxyl groups is 1. The van der Waals surface area contributed by atoms with Gasteiger partial charge in [-0.3, -0.25) is 4.90 Å². The van der Waals surface area contributed by atoms with Crippen LogP contribution in [0.1, 0.15) is 37.5 Å². The Kier molecular flexibility index (Phi) is 6.30. The molecule has 1 fully saturated rings. The van der Waals surface area contributed by atoms with Crippen LogP contribution >= 0.6 is 0 Å². The highest BCUT2D eigenvalue weighted by molar-refractivity contribution is 5.44. The van der Waals surface area contributed by atoms with E-state index in [0.717, 1.165) is 12.1 Å². The zero-order chi connectivity index (χ0) is 18.4. The number of likely N-dealkylation sites (tertiary alicyclic amines) is 1. The third kappa shape index (κ3) is 5.12. The van der Waals surface area contributed by atoms with Crippen molar-refractivity contribution in [1.29, 1.82) is 0 Å². The van der Waals surface area contributed by atoms with E-state index in [0.29, 0.717) is 18.7 Å². The molecule has 3 rings (SSSR count). The molecule has 132 valence electrons. The van der Waals surface area contributed by atoms with Crippen LogP contribution in [0, 0.1) is 23.5 Å². The average Bonchev–Trinajstić information content (AvgIpc) is 2.56. The normalized spacial score (nSPS) is 15.3.